The zero-order valence-corrected chi connectivity index (χ0v) is 14.4. The Morgan fingerprint density at radius 3 is 2.96 bits per heavy atom. The fourth-order valence-electron chi connectivity index (χ4n) is 3.41. The fraction of sp³-hybridized carbons (Fsp3) is 0.278. The summed E-state index contributed by atoms with van der Waals surface area (Å²) < 4.78 is 0. The van der Waals surface area contributed by atoms with Crippen molar-refractivity contribution in [2.75, 3.05) is 5.32 Å². The number of anilines is 1. The molecule has 2 heterocycles. The Morgan fingerprint density at radius 1 is 1.28 bits per heavy atom. The summed E-state index contributed by atoms with van der Waals surface area (Å²) in [6.07, 6.45) is 4.55. The van der Waals surface area contributed by atoms with Crippen LogP contribution < -0.4 is 11.1 Å². The van der Waals surface area contributed by atoms with Gasteiger partial charge >= 0.3 is 0 Å². The first kappa shape index (κ1) is 15.8. The van der Waals surface area contributed by atoms with E-state index in [1.165, 1.54) is 35.4 Å². The van der Waals surface area contributed by atoms with Crippen LogP contribution in [0.5, 0.6) is 0 Å². The maximum Gasteiger partial charge on any atom is 0.259 e. The molecule has 2 aromatic heterocycles. The van der Waals surface area contributed by atoms with E-state index in [2.05, 4.69) is 21.4 Å². The van der Waals surface area contributed by atoms with Gasteiger partial charge in [0.05, 0.1) is 23.2 Å². The molecular weight excluding hydrogens is 336 g/mol. The van der Waals surface area contributed by atoms with Crippen molar-refractivity contribution >= 4 is 39.2 Å². The van der Waals surface area contributed by atoms with E-state index in [4.69, 9.17) is 5.73 Å². The predicted molar refractivity (Wildman–Crippen MR) is 97.9 cm³/mol. The van der Waals surface area contributed by atoms with Crippen molar-refractivity contribution in [1.29, 1.82) is 0 Å². The Labute approximate surface area is 148 Å². The van der Waals surface area contributed by atoms with E-state index < -0.39 is 5.91 Å². The molecule has 1 aliphatic carbocycles. The monoisotopic (exact) mass is 354 g/mol. The Kier molecular flexibility index (Phi) is 4.01. The number of rotatable bonds is 4. The number of primary amides is 1. The number of thiazole rings is 1. The smallest absolute Gasteiger partial charge is 0.259 e. The number of fused-ring (bicyclic) bond motifs is 3. The van der Waals surface area contributed by atoms with E-state index in [-0.39, 0.29) is 12.3 Å². The Hall–Kier alpha value is -2.67. The molecule has 1 aromatic carbocycles. The summed E-state index contributed by atoms with van der Waals surface area (Å²) in [6.45, 7) is 0. The lowest BCUT2D eigenvalue weighted by atomic mass is 9.95. The van der Waals surface area contributed by atoms with Gasteiger partial charge < -0.3 is 10.7 Å². The number of nitrogens with one attached hydrogen (secondary N) is 2. The summed E-state index contributed by atoms with van der Waals surface area (Å²) in [4.78, 5) is 31.4. The van der Waals surface area contributed by atoms with Gasteiger partial charge in [0.1, 0.15) is 0 Å². The second kappa shape index (κ2) is 6.33. The summed E-state index contributed by atoms with van der Waals surface area (Å²) in [5, 5.41) is 6.15. The molecule has 0 unspecified atom stereocenters. The number of aromatic amines is 1. The van der Waals surface area contributed by atoms with E-state index >= 15 is 0 Å². The van der Waals surface area contributed by atoms with E-state index in [0.717, 1.165) is 23.7 Å². The molecule has 0 aliphatic heterocycles. The molecule has 0 fully saturated rings. The zero-order valence-electron chi connectivity index (χ0n) is 13.6. The molecule has 4 rings (SSSR count). The normalized spacial score (nSPS) is 13.6. The molecule has 0 spiro atoms. The third-order valence-electron chi connectivity index (χ3n) is 4.51. The van der Waals surface area contributed by atoms with Crippen molar-refractivity contribution in [2.24, 2.45) is 5.73 Å². The van der Waals surface area contributed by atoms with Crippen LogP contribution in [0.1, 0.15) is 40.2 Å². The maximum absolute atomic E-state index is 12.7. The number of benzene rings is 1. The molecule has 2 amide bonds. The first-order chi connectivity index (χ1) is 12.1. The third kappa shape index (κ3) is 3.02. The van der Waals surface area contributed by atoms with Crippen LogP contribution >= 0.6 is 11.3 Å². The van der Waals surface area contributed by atoms with E-state index in [1.807, 2.05) is 12.1 Å². The summed E-state index contributed by atoms with van der Waals surface area (Å²) >= 11 is 1.29. The summed E-state index contributed by atoms with van der Waals surface area (Å²) in [5.74, 6) is -0.644. The Bertz CT molecular complexity index is 973. The topological polar surface area (TPSA) is 101 Å². The fourth-order valence-corrected chi connectivity index (χ4v) is 4.11. The van der Waals surface area contributed by atoms with Gasteiger partial charge in [-0.2, -0.15) is 0 Å². The quantitative estimate of drug-likeness (QED) is 0.671. The number of nitrogens with zero attached hydrogens (tertiary/aromatic N) is 1. The van der Waals surface area contributed by atoms with Gasteiger partial charge in [-0.25, -0.2) is 4.98 Å². The first-order valence-electron chi connectivity index (χ1n) is 8.28. The molecule has 25 heavy (non-hydrogen) atoms. The molecule has 0 atom stereocenters. The van der Waals surface area contributed by atoms with Crippen LogP contribution in [0.25, 0.3) is 10.9 Å². The lowest BCUT2D eigenvalue weighted by molar-refractivity contribution is -0.117. The van der Waals surface area contributed by atoms with Crippen molar-refractivity contribution < 1.29 is 9.59 Å². The average molecular weight is 354 g/mol. The highest BCUT2D eigenvalue weighted by Crippen LogP contribution is 2.31. The minimum Gasteiger partial charge on any atom is -0.369 e. The maximum atomic E-state index is 12.7. The van der Waals surface area contributed by atoms with E-state index in [1.54, 1.807) is 5.38 Å². The van der Waals surface area contributed by atoms with Crippen LogP contribution in [0.3, 0.4) is 0 Å². The number of para-hydroxylation sites is 1. The number of hydrogen-bond acceptors (Lipinski definition) is 4. The number of carbonyl (C=O) groups is 2. The number of amides is 2. The average Bonchev–Trinajstić information content (AvgIpc) is 3.18. The van der Waals surface area contributed by atoms with Crippen LogP contribution in [0.15, 0.2) is 23.6 Å². The molecular formula is C18H18N4O2S. The Morgan fingerprint density at radius 2 is 2.12 bits per heavy atom. The molecule has 7 heteroatoms. The standard InChI is InChI=1S/C18H18N4O2S/c19-15(23)8-10-9-25-18(20-10)22-17(24)13-6-3-5-12-11-4-1-2-7-14(11)21-16(12)13/h3,5-6,9,21H,1-2,4,7-8H2,(H2,19,23)(H,20,22,24). The molecule has 128 valence electrons. The van der Waals surface area contributed by atoms with Crippen molar-refractivity contribution in [2.45, 2.75) is 32.1 Å². The number of H-pyrrole nitrogens is 1. The van der Waals surface area contributed by atoms with Crippen LogP contribution in [0.2, 0.25) is 0 Å². The minimum atomic E-state index is -0.440. The minimum absolute atomic E-state index is 0.0747. The lowest BCUT2D eigenvalue weighted by Crippen LogP contribution is -2.14. The molecule has 1 aliphatic rings. The molecule has 3 aromatic rings. The van der Waals surface area contributed by atoms with Gasteiger partial charge in [-0.1, -0.05) is 12.1 Å². The van der Waals surface area contributed by atoms with Crippen molar-refractivity contribution in [3.05, 3.63) is 46.1 Å². The van der Waals surface area contributed by atoms with Crippen LogP contribution in [-0.2, 0) is 24.1 Å². The van der Waals surface area contributed by atoms with Gasteiger partial charge in [-0.15, -0.1) is 11.3 Å². The van der Waals surface area contributed by atoms with Crippen LogP contribution in [0, 0.1) is 0 Å². The Balaban J connectivity index is 1.63. The number of aromatic nitrogens is 2. The second-order valence-electron chi connectivity index (χ2n) is 6.26. The molecule has 0 bridgehead atoms. The summed E-state index contributed by atoms with van der Waals surface area (Å²) in [6, 6.07) is 5.80. The summed E-state index contributed by atoms with van der Waals surface area (Å²) in [7, 11) is 0. The van der Waals surface area contributed by atoms with Crippen LogP contribution in [0.4, 0.5) is 5.13 Å². The highest BCUT2D eigenvalue weighted by molar-refractivity contribution is 7.14. The van der Waals surface area contributed by atoms with Gasteiger partial charge in [0.15, 0.2) is 5.13 Å². The molecule has 0 saturated heterocycles. The van der Waals surface area contributed by atoms with Crippen molar-refractivity contribution in [3.63, 3.8) is 0 Å². The van der Waals surface area contributed by atoms with Gasteiger partial charge in [0.25, 0.3) is 5.91 Å². The van der Waals surface area contributed by atoms with Crippen molar-refractivity contribution in [1.82, 2.24) is 9.97 Å². The highest BCUT2D eigenvalue weighted by atomic mass is 32.1. The van der Waals surface area contributed by atoms with Crippen LogP contribution in [-0.4, -0.2) is 21.8 Å². The van der Waals surface area contributed by atoms with E-state index in [0.29, 0.717) is 16.4 Å². The summed E-state index contributed by atoms with van der Waals surface area (Å²) in [5.41, 5.74) is 9.83. The number of hydrogen-bond donors (Lipinski definition) is 3. The molecule has 4 N–H and O–H groups in total. The highest BCUT2D eigenvalue weighted by Gasteiger charge is 2.20. The second-order valence-corrected chi connectivity index (χ2v) is 7.12. The van der Waals surface area contributed by atoms with E-state index in [9.17, 15) is 9.59 Å². The SMILES string of the molecule is NC(=O)Cc1csc(NC(=O)c2cccc3c4c([nH]c23)CCCC4)n1. The number of carbonyl (C=O) groups excluding carboxylic acids is 2. The van der Waals surface area contributed by atoms with Gasteiger partial charge in [-0.05, 0) is 37.3 Å². The largest absolute Gasteiger partial charge is 0.369 e. The number of nitrogens with two attached hydrogens (primary N) is 1. The first-order valence-corrected chi connectivity index (χ1v) is 9.16. The predicted octanol–water partition coefficient (Wildman–Crippen LogP) is 2.78. The van der Waals surface area contributed by atoms with Gasteiger partial charge in [0.2, 0.25) is 5.91 Å². The van der Waals surface area contributed by atoms with Gasteiger partial charge in [-0.3, -0.25) is 14.9 Å². The third-order valence-corrected chi connectivity index (χ3v) is 5.31. The van der Waals surface area contributed by atoms with Gasteiger partial charge in [0, 0.05) is 16.5 Å². The van der Waals surface area contributed by atoms with Crippen molar-refractivity contribution in [3.8, 4) is 0 Å². The number of aryl methyl sites for hydroxylation is 2. The molecule has 0 radical (unpaired) electrons. The molecule has 6 nitrogen and oxygen atoms in total. The zero-order chi connectivity index (χ0) is 17.4. The lowest BCUT2D eigenvalue weighted by Gasteiger charge is -2.10. The molecule has 0 saturated carbocycles.